The summed E-state index contributed by atoms with van der Waals surface area (Å²) in [6.07, 6.45) is 0.524. The number of primary amides is 1. The molecule has 2 unspecified atom stereocenters. The zero-order valence-corrected chi connectivity index (χ0v) is 12.1. The van der Waals surface area contributed by atoms with Crippen LogP contribution in [-0.2, 0) is 9.59 Å². The SMILES string of the molecule is NC(=O)CN1CCC(C(=O)O)C1c1cccc2ccccc12. The Kier molecular flexibility index (Phi) is 3.81. The molecule has 1 saturated heterocycles. The lowest BCUT2D eigenvalue weighted by Crippen LogP contribution is -2.35. The largest absolute Gasteiger partial charge is 0.481 e. The van der Waals surface area contributed by atoms with Crippen LogP contribution in [0.25, 0.3) is 10.8 Å². The fourth-order valence-electron chi connectivity index (χ4n) is 3.41. The van der Waals surface area contributed by atoms with E-state index in [1.807, 2.05) is 47.4 Å². The number of nitrogens with zero attached hydrogens (tertiary/aromatic N) is 1. The summed E-state index contributed by atoms with van der Waals surface area (Å²) in [6, 6.07) is 13.4. The molecule has 2 atom stereocenters. The van der Waals surface area contributed by atoms with Crippen molar-refractivity contribution in [3.05, 3.63) is 48.0 Å². The Bertz CT molecular complexity index is 723. The summed E-state index contributed by atoms with van der Waals surface area (Å²) in [7, 11) is 0. The average molecular weight is 298 g/mol. The number of carbonyl (C=O) groups is 2. The lowest BCUT2D eigenvalue weighted by Gasteiger charge is -2.27. The summed E-state index contributed by atoms with van der Waals surface area (Å²) in [5, 5.41) is 11.6. The molecule has 2 aromatic rings. The molecule has 22 heavy (non-hydrogen) atoms. The maximum atomic E-state index is 11.6. The third-order valence-corrected chi connectivity index (χ3v) is 4.32. The van der Waals surface area contributed by atoms with Gasteiger partial charge in [-0.05, 0) is 22.8 Å². The van der Waals surface area contributed by atoms with Gasteiger partial charge in [0.1, 0.15) is 0 Å². The summed E-state index contributed by atoms with van der Waals surface area (Å²) >= 11 is 0. The number of carboxylic acids is 1. The number of carbonyl (C=O) groups excluding carboxylic acids is 1. The van der Waals surface area contributed by atoms with Gasteiger partial charge >= 0.3 is 5.97 Å². The molecule has 0 bridgehead atoms. The van der Waals surface area contributed by atoms with Crippen LogP contribution in [-0.4, -0.2) is 35.0 Å². The summed E-state index contributed by atoms with van der Waals surface area (Å²) < 4.78 is 0. The van der Waals surface area contributed by atoms with Crippen LogP contribution in [0.15, 0.2) is 42.5 Å². The fraction of sp³-hybridized carbons (Fsp3) is 0.294. The van der Waals surface area contributed by atoms with Gasteiger partial charge < -0.3 is 10.8 Å². The van der Waals surface area contributed by atoms with E-state index < -0.39 is 17.8 Å². The van der Waals surface area contributed by atoms with Crippen LogP contribution in [0.4, 0.5) is 0 Å². The maximum absolute atomic E-state index is 11.6. The number of fused-ring (bicyclic) bond motifs is 1. The van der Waals surface area contributed by atoms with Crippen LogP contribution in [0.3, 0.4) is 0 Å². The van der Waals surface area contributed by atoms with Crippen molar-refractivity contribution in [1.29, 1.82) is 0 Å². The number of likely N-dealkylation sites (tertiary alicyclic amines) is 1. The van der Waals surface area contributed by atoms with Gasteiger partial charge in [0.05, 0.1) is 12.5 Å². The van der Waals surface area contributed by atoms with Gasteiger partial charge in [-0.3, -0.25) is 14.5 Å². The van der Waals surface area contributed by atoms with Crippen LogP contribution >= 0.6 is 0 Å². The number of aliphatic carboxylic acids is 1. The van der Waals surface area contributed by atoms with Gasteiger partial charge in [0.25, 0.3) is 0 Å². The van der Waals surface area contributed by atoms with Crippen LogP contribution in [0.5, 0.6) is 0 Å². The number of benzene rings is 2. The highest BCUT2D eigenvalue weighted by Gasteiger charge is 2.40. The Hall–Kier alpha value is -2.40. The molecule has 114 valence electrons. The predicted molar refractivity (Wildman–Crippen MR) is 83.2 cm³/mol. The van der Waals surface area contributed by atoms with Crippen LogP contribution in [0.1, 0.15) is 18.0 Å². The monoisotopic (exact) mass is 298 g/mol. The summed E-state index contributed by atoms with van der Waals surface area (Å²) in [4.78, 5) is 24.8. The lowest BCUT2D eigenvalue weighted by atomic mass is 9.90. The molecule has 1 fully saturated rings. The van der Waals surface area contributed by atoms with Gasteiger partial charge in [0.15, 0.2) is 0 Å². The molecule has 1 aliphatic heterocycles. The fourth-order valence-corrected chi connectivity index (χ4v) is 3.41. The summed E-state index contributed by atoms with van der Waals surface area (Å²) in [6.45, 7) is 0.644. The molecule has 2 aromatic carbocycles. The zero-order chi connectivity index (χ0) is 15.7. The second-order valence-electron chi connectivity index (χ2n) is 5.68. The van der Waals surface area contributed by atoms with Gasteiger partial charge in [0, 0.05) is 12.6 Å². The zero-order valence-electron chi connectivity index (χ0n) is 12.1. The highest BCUT2D eigenvalue weighted by atomic mass is 16.4. The normalized spacial score (nSPS) is 22.0. The molecule has 3 rings (SSSR count). The lowest BCUT2D eigenvalue weighted by molar-refractivity contribution is -0.142. The number of carboxylic acid groups (broad SMARTS) is 1. The standard InChI is InChI=1S/C17H18N2O3/c18-15(20)10-19-9-8-14(17(21)22)16(19)13-7-3-5-11-4-1-2-6-12(11)13/h1-7,14,16H,8-10H2,(H2,18,20)(H,21,22). The van der Waals surface area contributed by atoms with E-state index in [0.717, 1.165) is 16.3 Å². The van der Waals surface area contributed by atoms with Crippen LogP contribution in [0, 0.1) is 5.92 Å². The first-order valence-corrected chi connectivity index (χ1v) is 7.31. The molecule has 1 aliphatic rings. The molecular weight excluding hydrogens is 280 g/mol. The van der Waals surface area contributed by atoms with E-state index >= 15 is 0 Å². The molecule has 1 heterocycles. The Balaban J connectivity index is 2.10. The maximum Gasteiger partial charge on any atom is 0.308 e. The summed E-state index contributed by atoms with van der Waals surface area (Å²) in [5.41, 5.74) is 6.27. The molecule has 5 heteroatoms. The van der Waals surface area contributed by atoms with Gasteiger partial charge in [-0.1, -0.05) is 42.5 Å². The van der Waals surface area contributed by atoms with Crippen molar-refractivity contribution in [2.75, 3.05) is 13.1 Å². The number of nitrogens with two attached hydrogens (primary N) is 1. The van der Waals surface area contributed by atoms with Crippen molar-refractivity contribution in [3.8, 4) is 0 Å². The number of hydrogen-bond acceptors (Lipinski definition) is 3. The van der Waals surface area contributed by atoms with Gasteiger partial charge in [-0.2, -0.15) is 0 Å². The second-order valence-corrected chi connectivity index (χ2v) is 5.68. The van der Waals surface area contributed by atoms with Crippen LogP contribution < -0.4 is 5.73 Å². The minimum absolute atomic E-state index is 0.0810. The van der Waals surface area contributed by atoms with E-state index in [2.05, 4.69) is 0 Å². The first kappa shape index (κ1) is 14.5. The highest BCUT2D eigenvalue weighted by molar-refractivity contribution is 5.87. The van der Waals surface area contributed by atoms with Gasteiger partial charge in [-0.15, -0.1) is 0 Å². The van der Waals surface area contributed by atoms with Gasteiger partial charge in [-0.25, -0.2) is 0 Å². The van der Waals surface area contributed by atoms with E-state index in [0.29, 0.717) is 13.0 Å². The Morgan fingerprint density at radius 2 is 1.91 bits per heavy atom. The van der Waals surface area contributed by atoms with Gasteiger partial charge in [0.2, 0.25) is 5.91 Å². The average Bonchev–Trinajstić information content (AvgIpc) is 2.89. The molecule has 1 amide bonds. The predicted octanol–water partition coefficient (Wildman–Crippen LogP) is 1.77. The quantitative estimate of drug-likeness (QED) is 0.901. The molecule has 0 aliphatic carbocycles. The first-order valence-electron chi connectivity index (χ1n) is 7.31. The Morgan fingerprint density at radius 3 is 2.64 bits per heavy atom. The summed E-state index contributed by atoms with van der Waals surface area (Å²) in [5.74, 6) is -1.79. The van der Waals surface area contributed by atoms with Crippen molar-refractivity contribution in [2.24, 2.45) is 11.7 Å². The number of rotatable bonds is 4. The number of amides is 1. The van der Waals surface area contributed by atoms with E-state index in [1.165, 1.54) is 0 Å². The van der Waals surface area contributed by atoms with Crippen molar-refractivity contribution in [1.82, 2.24) is 4.90 Å². The van der Waals surface area contributed by atoms with Crippen molar-refractivity contribution in [2.45, 2.75) is 12.5 Å². The smallest absolute Gasteiger partial charge is 0.308 e. The van der Waals surface area contributed by atoms with Crippen molar-refractivity contribution >= 4 is 22.6 Å². The molecule has 0 saturated carbocycles. The van der Waals surface area contributed by atoms with E-state index in [9.17, 15) is 14.7 Å². The molecular formula is C17H18N2O3. The Labute approximate surface area is 128 Å². The van der Waals surface area contributed by atoms with Crippen molar-refractivity contribution in [3.63, 3.8) is 0 Å². The third kappa shape index (κ3) is 2.55. The molecule has 0 radical (unpaired) electrons. The minimum Gasteiger partial charge on any atom is -0.481 e. The molecule has 0 spiro atoms. The molecule has 3 N–H and O–H groups in total. The molecule has 0 aromatic heterocycles. The molecule has 5 nitrogen and oxygen atoms in total. The Morgan fingerprint density at radius 1 is 1.18 bits per heavy atom. The van der Waals surface area contributed by atoms with Crippen molar-refractivity contribution < 1.29 is 14.7 Å². The van der Waals surface area contributed by atoms with E-state index in [-0.39, 0.29) is 12.6 Å². The highest BCUT2D eigenvalue weighted by Crippen LogP contribution is 2.40. The van der Waals surface area contributed by atoms with E-state index in [4.69, 9.17) is 5.73 Å². The minimum atomic E-state index is -0.829. The number of hydrogen-bond donors (Lipinski definition) is 2. The van der Waals surface area contributed by atoms with Crippen LogP contribution in [0.2, 0.25) is 0 Å². The van der Waals surface area contributed by atoms with E-state index in [1.54, 1.807) is 0 Å². The first-order chi connectivity index (χ1) is 10.6. The third-order valence-electron chi connectivity index (χ3n) is 4.32. The topological polar surface area (TPSA) is 83.6 Å². The second kappa shape index (κ2) is 5.77.